The summed E-state index contributed by atoms with van der Waals surface area (Å²) in [7, 11) is 0. The Kier molecular flexibility index (Phi) is 3.76. The molecule has 2 rings (SSSR count). The van der Waals surface area contributed by atoms with Crippen molar-refractivity contribution >= 4 is 5.97 Å². The van der Waals surface area contributed by atoms with Crippen molar-refractivity contribution in [2.24, 2.45) is 5.41 Å². The topological polar surface area (TPSA) is 53.7 Å². The fraction of sp³-hybridized carbons (Fsp3) is 0.643. The predicted molar refractivity (Wildman–Crippen MR) is 68.6 cm³/mol. The summed E-state index contributed by atoms with van der Waals surface area (Å²) < 4.78 is 5.01. The standard InChI is InChI=1S/C14H21NO3/c1-3-14(4-2)6-7-15(10-14)9-11-5-8-18-12(11)13(16)17/h5,8H,3-4,6-7,9-10H2,1-2H3,(H,16,17). The van der Waals surface area contributed by atoms with Gasteiger partial charge in [-0.3, -0.25) is 4.90 Å². The van der Waals surface area contributed by atoms with Crippen LogP contribution in [0.4, 0.5) is 0 Å². The Morgan fingerprint density at radius 1 is 1.50 bits per heavy atom. The highest BCUT2D eigenvalue weighted by Crippen LogP contribution is 2.37. The molecular formula is C14H21NO3. The molecule has 0 amide bonds. The van der Waals surface area contributed by atoms with E-state index in [-0.39, 0.29) is 5.76 Å². The minimum Gasteiger partial charge on any atom is -0.475 e. The minimum atomic E-state index is -0.980. The minimum absolute atomic E-state index is 0.0838. The highest BCUT2D eigenvalue weighted by Gasteiger charge is 2.35. The molecule has 0 aromatic carbocycles. The molecule has 0 spiro atoms. The molecule has 4 nitrogen and oxygen atoms in total. The van der Waals surface area contributed by atoms with E-state index in [9.17, 15) is 4.79 Å². The van der Waals surface area contributed by atoms with E-state index in [1.807, 2.05) is 0 Å². The maximum Gasteiger partial charge on any atom is 0.372 e. The number of rotatable bonds is 5. The lowest BCUT2D eigenvalue weighted by atomic mass is 9.82. The molecule has 2 heterocycles. The molecule has 0 aliphatic carbocycles. The third kappa shape index (κ3) is 2.43. The van der Waals surface area contributed by atoms with E-state index in [0.29, 0.717) is 12.0 Å². The molecule has 0 saturated carbocycles. The van der Waals surface area contributed by atoms with E-state index < -0.39 is 5.97 Å². The van der Waals surface area contributed by atoms with Gasteiger partial charge in [0.25, 0.3) is 0 Å². The van der Waals surface area contributed by atoms with Gasteiger partial charge in [0.2, 0.25) is 5.76 Å². The van der Waals surface area contributed by atoms with Gasteiger partial charge in [0, 0.05) is 18.7 Å². The lowest BCUT2D eigenvalue weighted by Crippen LogP contribution is -2.26. The Bertz CT molecular complexity index is 420. The highest BCUT2D eigenvalue weighted by atomic mass is 16.4. The monoisotopic (exact) mass is 251 g/mol. The van der Waals surface area contributed by atoms with Gasteiger partial charge < -0.3 is 9.52 Å². The van der Waals surface area contributed by atoms with E-state index in [1.54, 1.807) is 6.07 Å². The van der Waals surface area contributed by atoms with Gasteiger partial charge in [0.15, 0.2) is 0 Å². The summed E-state index contributed by atoms with van der Waals surface area (Å²) in [6.07, 6.45) is 5.05. The van der Waals surface area contributed by atoms with Crippen molar-refractivity contribution in [1.29, 1.82) is 0 Å². The summed E-state index contributed by atoms with van der Waals surface area (Å²) in [4.78, 5) is 13.3. The van der Waals surface area contributed by atoms with E-state index in [2.05, 4.69) is 18.7 Å². The Morgan fingerprint density at radius 2 is 2.22 bits per heavy atom. The Balaban J connectivity index is 2.03. The first-order valence-corrected chi connectivity index (χ1v) is 6.62. The first-order chi connectivity index (χ1) is 8.60. The van der Waals surface area contributed by atoms with Gasteiger partial charge >= 0.3 is 5.97 Å². The number of likely N-dealkylation sites (tertiary alicyclic amines) is 1. The number of carbonyl (C=O) groups is 1. The fourth-order valence-electron chi connectivity index (χ4n) is 2.88. The lowest BCUT2D eigenvalue weighted by molar-refractivity contribution is 0.0659. The van der Waals surface area contributed by atoms with Crippen molar-refractivity contribution in [3.63, 3.8) is 0 Å². The second kappa shape index (κ2) is 5.14. The molecule has 0 unspecified atom stereocenters. The molecule has 1 aromatic heterocycles. The van der Waals surface area contributed by atoms with E-state index in [0.717, 1.165) is 18.7 Å². The van der Waals surface area contributed by atoms with Gasteiger partial charge in [-0.2, -0.15) is 0 Å². The number of nitrogens with zero attached hydrogens (tertiary/aromatic N) is 1. The maximum absolute atomic E-state index is 11.0. The van der Waals surface area contributed by atoms with Crippen LogP contribution in [0.3, 0.4) is 0 Å². The van der Waals surface area contributed by atoms with Crippen LogP contribution in [-0.4, -0.2) is 29.1 Å². The van der Waals surface area contributed by atoms with E-state index in [1.165, 1.54) is 25.5 Å². The fourth-order valence-corrected chi connectivity index (χ4v) is 2.88. The van der Waals surface area contributed by atoms with Gasteiger partial charge in [-0.05, 0) is 37.3 Å². The quantitative estimate of drug-likeness (QED) is 0.874. The van der Waals surface area contributed by atoms with Crippen molar-refractivity contribution in [2.45, 2.75) is 39.7 Å². The molecule has 0 bridgehead atoms. The number of carboxylic acids is 1. The van der Waals surface area contributed by atoms with Gasteiger partial charge in [0.05, 0.1) is 6.26 Å². The van der Waals surface area contributed by atoms with Crippen LogP contribution in [-0.2, 0) is 6.54 Å². The molecule has 0 radical (unpaired) electrons. The van der Waals surface area contributed by atoms with Gasteiger partial charge in [0.1, 0.15) is 0 Å². The molecule has 18 heavy (non-hydrogen) atoms. The smallest absolute Gasteiger partial charge is 0.372 e. The van der Waals surface area contributed by atoms with E-state index in [4.69, 9.17) is 9.52 Å². The van der Waals surface area contributed by atoms with Crippen molar-refractivity contribution in [2.75, 3.05) is 13.1 Å². The van der Waals surface area contributed by atoms with Gasteiger partial charge in [-0.25, -0.2) is 4.79 Å². The summed E-state index contributed by atoms with van der Waals surface area (Å²) >= 11 is 0. The number of hydrogen-bond donors (Lipinski definition) is 1. The lowest BCUT2D eigenvalue weighted by Gasteiger charge is -2.26. The number of furan rings is 1. The zero-order valence-electron chi connectivity index (χ0n) is 11.1. The maximum atomic E-state index is 11.0. The van der Waals surface area contributed by atoms with Crippen LogP contribution in [0.1, 0.15) is 49.2 Å². The molecule has 1 aliphatic rings. The van der Waals surface area contributed by atoms with Crippen molar-refractivity contribution < 1.29 is 14.3 Å². The molecule has 1 aromatic rings. The first kappa shape index (κ1) is 13.1. The largest absolute Gasteiger partial charge is 0.475 e. The summed E-state index contributed by atoms with van der Waals surface area (Å²) in [5.74, 6) is -0.896. The highest BCUT2D eigenvalue weighted by molar-refractivity contribution is 5.86. The Morgan fingerprint density at radius 3 is 2.78 bits per heavy atom. The molecular weight excluding hydrogens is 230 g/mol. The predicted octanol–water partition coefficient (Wildman–Crippen LogP) is 2.99. The Labute approximate surface area is 108 Å². The third-order valence-corrected chi connectivity index (χ3v) is 4.35. The van der Waals surface area contributed by atoms with Crippen LogP contribution in [0.2, 0.25) is 0 Å². The molecule has 0 atom stereocenters. The van der Waals surface area contributed by atoms with Crippen molar-refractivity contribution in [1.82, 2.24) is 4.90 Å². The second-order valence-electron chi connectivity index (χ2n) is 5.25. The van der Waals surface area contributed by atoms with Crippen LogP contribution in [0.25, 0.3) is 0 Å². The molecule has 1 aliphatic heterocycles. The molecule has 100 valence electrons. The normalized spacial score (nSPS) is 19.2. The molecule has 1 fully saturated rings. The molecule has 1 N–H and O–H groups in total. The van der Waals surface area contributed by atoms with Gasteiger partial charge in [-0.15, -0.1) is 0 Å². The van der Waals surface area contributed by atoms with E-state index >= 15 is 0 Å². The van der Waals surface area contributed by atoms with Crippen molar-refractivity contribution in [3.8, 4) is 0 Å². The average Bonchev–Trinajstić information content (AvgIpc) is 2.97. The van der Waals surface area contributed by atoms with Gasteiger partial charge in [-0.1, -0.05) is 13.8 Å². The molecule has 1 saturated heterocycles. The average molecular weight is 251 g/mol. The van der Waals surface area contributed by atoms with Crippen LogP contribution in [0.5, 0.6) is 0 Å². The van der Waals surface area contributed by atoms with Crippen molar-refractivity contribution in [3.05, 3.63) is 23.7 Å². The van der Waals surface area contributed by atoms with Crippen LogP contribution >= 0.6 is 0 Å². The van der Waals surface area contributed by atoms with Crippen LogP contribution in [0, 0.1) is 5.41 Å². The summed E-state index contributed by atoms with van der Waals surface area (Å²) in [5.41, 5.74) is 1.21. The summed E-state index contributed by atoms with van der Waals surface area (Å²) in [5, 5.41) is 9.01. The Hall–Kier alpha value is -1.29. The zero-order valence-corrected chi connectivity index (χ0v) is 11.1. The SMILES string of the molecule is CCC1(CC)CCN(Cc2ccoc2C(=O)O)C1. The summed E-state index contributed by atoms with van der Waals surface area (Å²) in [6.45, 7) is 7.27. The zero-order chi connectivity index (χ0) is 13.2. The number of aromatic carboxylic acids is 1. The van der Waals surface area contributed by atoms with Crippen LogP contribution in [0.15, 0.2) is 16.7 Å². The third-order valence-electron chi connectivity index (χ3n) is 4.35. The number of hydrogen-bond acceptors (Lipinski definition) is 3. The second-order valence-corrected chi connectivity index (χ2v) is 5.25. The van der Waals surface area contributed by atoms with Crippen LogP contribution < -0.4 is 0 Å². The summed E-state index contributed by atoms with van der Waals surface area (Å²) in [6, 6.07) is 1.77. The first-order valence-electron chi connectivity index (χ1n) is 6.62. The number of carboxylic acid groups (broad SMARTS) is 1. The molecule has 4 heteroatoms.